The Kier molecular flexibility index (Phi) is 7.24. The van der Waals surface area contributed by atoms with Crippen molar-refractivity contribution in [3.05, 3.63) is 24.3 Å². The minimum absolute atomic E-state index is 0.0508. The second-order valence-corrected chi connectivity index (χ2v) is 10.4. The summed E-state index contributed by atoms with van der Waals surface area (Å²) in [6, 6.07) is 6.63. The van der Waals surface area contributed by atoms with Crippen LogP contribution in [0, 0.1) is 11.8 Å². The molecule has 0 bridgehead atoms. The van der Waals surface area contributed by atoms with Gasteiger partial charge < -0.3 is 4.74 Å². The molecule has 1 aromatic rings. The number of rotatable bonds is 6. The fourth-order valence-corrected chi connectivity index (χ4v) is 5.47. The molecule has 0 saturated carbocycles. The van der Waals surface area contributed by atoms with Crippen LogP contribution in [0.2, 0.25) is 0 Å². The van der Waals surface area contributed by atoms with Gasteiger partial charge in [-0.25, -0.2) is 8.42 Å². The Morgan fingerprint density at radius 3 is 2.60 bits per heavy atom. The topological polar surface area (TPSA) is 46.6 Å². The van der Waals surface area contributed by atoms with Gasteiger partial charge in [0, 0.05) is 30.0 Å². The average Bonchev–Trinajstić information content (AvgIpc) is 2.57. The minimum Gasteiger partial charge on any atom is -0.481 e. The number of unbranched alkanes of at least 4 members (excludes halogenated alkanes) is 2. The van der Waals surface area contributed by atoms with Crippen molar-refractivity contribution in [1.29, 1.82) is 0 Å². The van der Waals surface area contributed by atoms with E-state index >= 15 is 0 Å². The lowest BCUT2D eigenvalue weighted by atomic mass is 10.2. The van der Waals surface area contributed by atoms with Gasteiger partial charge in [0.15, 0.2) is 0 Å². The fourth-order valence-electron chi connectivity index (χ4n) is 2.56. The van der Waals surface area contributed by atoms with Crippen molar-refractivity contribution >= 4 is 21.8 Å². The monoisotopic (exact) mass is 381 g/mol. The predicted octanol–water partition coefficient (Wildman–Crippen LogP) is 3.78. The summed E-state index contributed by atoms with van der Waals surface area (Å²) < 4.78 is 32.7. The molecule has 1 heterocycles. The summed E-state index contributed by atoms with van der Waals surface area (Å²) in [5.74, 6) is 7.50. The molecule has 138 valence electrons. The van der Waals surface area contributed by atoms with E-state index in [0.717, 1.165) is 25.0 Å². The third-order valence-electron chi connectivity index (χ3n) is 3.94. The molecular formula is C19H27NO3S2. The van der Waals surface area contributed by atoms with Crippen LogP contribution < -0.4 is 4.74 Å². The molecule has 1 aromatic carbocycles. The Morgan fingerprint density at radius 2 is 1.96 bits per heavy atom. The van der Waals surface area contributed by atoms with Crippen molar-refractivity contribution in [2.24, 2.45) is 0 Å². The minimum atomic E-state index is -3.45. The first-order valence-electron chi connectivity index (χ1n) is 8.68. The van der Waals surface area contributed by atoms with Crippen molar-refractivity contribution in [2.75, 3.05) is 25.4 Å². The number of benzene rings is 1. The molecule has 0 spiro atoms. The summed E-state index contributed by atoms with van der Waals surface area (Å²) in [6.07, 6.45) is 3.13. The first-order valence-corrected chi connectivity index (χ1v) is 11.1. The van der Waals surface area contributed by atoms with E-state index in [0.29, 0.717) is 30.3 Å². The fraction of sp³-hybridized carbons (Fsp3) is 0.579. The highest BCUT2D eigenvalue weighted by Gasteiger charge is 2.34. The lowest BCUT2D eigenvalue weighted by molar-refractivity contribution is 0.369. The molecule has 0 aromatic heterocycles. The average molecular weight is 382 g/mol. The van der Waals surface area contributed by atoms with E-state index in [9.17, 15) is 8.42 Å². The Morgan fingerprint density at radius 1 is 1.24 bits per heavy atom. The SMILES string of the molecule is CCCCC#CCOc1ccc(S(=O)(=O)N2CCSC(C)(C)C2)cc1. The summed E-state index contributed by atoms with van der Waals surface area (Å²) >= 11 is 1.81. The molecule has 0 amide bonds. The number of nitrogens with zero attached hydrogens (tertiary/aromatic N) is 1. The van der Waals surface area contributed by atoms with E-state index in [1.807, 2.05) is 11.8 Å². The molecule has 0 atom stereocenters. The second kappa shape index (κ2) is 8.98. The molecule has 0 aliphatic carbocycles. The van der Waals surface area contributed by atoms with E-state index in [4.69, 9.17) is 4.74 Å². The molecule has 2 rings (SSSR count). The number of sulfonamides is 1. The third-order valence-corrected chi connectivity index (χ3v) is 7.10. The van der Waals surface area contributed by atoms with Crippen molar-refractivity contribution < 1.29 is 13.2 Å². The quantitative estimate of drug-likeness (QED) is 0.556. The van der Waals surface area contributed by atoms with Crippen LogP contribution in [0.15, 0.2) is 29.2 Å². The van der Waals surface area contributed by atoms with Gasteiger partial charge in [0.05, 0.1) is 4.90 Å². The zero-order valence-corrected chi connectivity index (χ0v) is 16.9. The van der Waals surface area contributed by atoms with Crippen LogP contribution in [0.4, 0.5) is 0 Å². The summed E-state index contributed by atoms with van der Waals surface area (Å²) in [7, 11) is -3.45. The molecular weight excluding hydrogens is 354 g/mol. The summed E-state index contributed by atoms with van der Waals surface area (Å²) in [5.41, 5.74) is 0. The molecule has 1 aliphatic rings. The lowest BCUT2D eigenvalue weighted by Gasteiger charge is -2.36. The molecule has 0 unspecified atom stereocenters. The smallest absolute Gasteiger partial charge is 0.243 e. The summed E-state index contributed by atoms with van der Waals surface area (Å²) in [5, 5.41) is 0. The second-order valence-electron chi connectivity index (χ2n) is 6.66. The van der Waals surface area contributed by atoms with Gasteiger partial charge >= 0.3 is 0 Å². The highest BCUT2D eigenvalue weighted by Crippen LogP contribution is 2.32. The molecule has 25 heavy (non-hydrogen) atoms. The first kappa shape index (κ1) is 20.2. The van der Waals surface area contributed by atoms with Gasteiger partial charge in [-0.1, -0.05) is 25.2 Å². The van der Waals surface area contributed by atoms with E-state index < -0.39 is 10.0 Å². The zero-order chi connectivity index (χ0) is 18.3. The number of hydrogen-bond donors (Lipinski definition) is 0. The molecule has 0 radical (unpaired) electrons. The van der Waals surface area contributed by atoms with E-state index in [1.54, 1.807) is 28.6 Å². The maximum absolute atomic E-state index is 12.8. The standard InChI is InChI=1S/C19H27NO3S2/c1-4-5-6-7-8-14-23-17-9-11-18(12-10-17)25(21,22)20-13-15-24-19(2,3)16-20/h9-12H,4-6,13-16H2,1-3H3. The van der Waals surface area contributed by atoms with Crippen LogP contribution in [0.5, 0.6) is 5.75 Å². The molecule has 0 N–H and O–H groups in total. The highest BCUT2D eigenvalue weighted by atomic mass is 32.2. The van der Waals surface area contributed by atoms with Crippen molar-refractivity contribution in [1.82, 2.24) is 4.31 Å². The Bertz CT molecular complexity index is 715. The molecule has 1 fully saturated rings. The zero-order valence-electron chi connectivity index (χ0n) is 15.2. The maximum Gasteiger partial charge on any atom is 0.243 e. The van der Waals surface area contributed by atoms with Crippen molar-refractivity contribution in [3.8, 4) is 17.6 Å². The van der Waals surface area contributed by atoms with Crippen LogP contribution in [0.1, 0.15) is 40.0 Å². The van der Waals surface area contributed by atoms with E-state index in [1.165, 1.54) is 0 Å². The van der Waals surface area contributed by atoms with Crippen molar-refractivity contribution in [3.63, 3.8) is 0 Å². The summed E-state index contributed by atoms with van der Waals surface area (Å²) in [4.78, 5) is 0.316. The molecule has 4 nitrogen and oxygen atoms in total. The van der Waals surface area contributed by atoms with Gasteiger partial charge in [-0.3, -0.25) is 0 Å². The summed E-state index contributed by atoms with van der Waals surface area (Å²) in [6.45, 7) is 7.72. The normalized spacial score (nSPS) is 17.6. The molecule has 6 heteroatoms. The van der Waals surface area contributed by atoms with E-state index in [-0.39, 0.29) is 4.75 Å². The highest BCUT2D eigenvalue weighted by molar-refractivity contribution is 8.00. The number of ether oxygens (including phenoxy) is 1. The predicted molar refractivity (Wildman–Crippen MR) is 105 cm³/mol. The Hall–Kier alpha value is -1.16. The molecule has 1 saturated heterocycles. The number of thioether (sulfide) groups is 1. The van der Waals surface area contributed by atoms with Crippen LogP contribution >= 0.6 is 11.8 Å². The van der Waals surface area contributed by atoms with Gasteiger partial charge in [-0.05, 0) is 44.5 Å². The van der Waals surface area contributed by atoms with Gasteiger partial charge in [-0.2, -0.15) is 16.1 Å². The van der Waals surface area contributed by atoms with E-state index in [2.05, 4.69) is 32.6 Å². The van der Waals surface area contributed by atoms with Gasteiger partial charge in [0.25, 0.3) is 0 Å². The Balaban J connectivity index is 1.97. The van der Waals surface area contributed by atoms with Crippen LogP contribution in [0.3, 0.4) is 0 Å². The van der Waals surface area contributed by atoms with Gasteiger partial charge in [-0.15, -0.1) is 0 Å². The van der Waals surface area contributed by atoms with Crippen LogP contribution in [-0.4, -0.2) is 42.9 Å². The number of hydrogen-bond acceptors (Lipinski definition) is 4. The Labute approximate surface area is 156 Å². The van der Waals surface area contributed by atoms with Gasteiger partial charge in [0.1, 0.15) is 12.4 Å². The van der Waals surface area contributed by atoms with Crippen LogP contribution in [0.25, 0.3) is 0 Å². The third kappa shape index (κ3) is 5.95. The molecule has 1 aliphatic heterocycles. The lowest BCUT2D eigenvalue weighted by Crippen LogP contribution is -2.46. The largest absolute Gasteiger partial charge is 0.481 e. The van der Waals surface area contributed by atoms with Crippen LogP contribution in [-0.2, 0) is 10.0 Å². The maximum atomic E-state index is 12.8. The van der Waals surface area contributed by atoms with Crippen molar-refractivity contribution in [2.45, 2.75) is 49.7 Å². The van der Waals surface area contributed by atoms with Gasteiger partial charge in [0.2, 0.25) is 10.0 Å². The first-order chi connectivity index (χ1) is 11.8.